The van der Waals surface area contributed by atoms with Crippen LogP contribution in [0.2, 0.25) is 0 Å². The van der Waals surface area contributed by atoms with Gasteiger partial charge in [0, 0.05) is 51.2 Å². The summed E-state index contributed by atoms with van der Waals surface area (Å²) in [6, 6.07) is 7.97. The van der Waals surface area contributed by atoms with E-state index in [4.69, 9.17) is 5.73 Å². The number of aryl methyl sites for hydroxylation is 2. The summed E-state index contributed by atoms with van der Waals surface area (Å²) in [4.78, 5) is 16.9. The average Bonchev–Trinajstić information content (AvgIpc) is 2.62. The maximum absolute atomic E-state index is 12.5. The molecule has 3 N–H and O–H groups in total. The van der Waals surface area contributed by atoms with Crippen LogP contribution >= 0.6 is 0 Å². The molecule has 0 unspecified atom stereocenters. The summed E-state index contributed by atoms with van der Waals surface area (Å²) < 4.78 is 0. The Kier molecular flexibility index (Phi) is 6.99. The van der Waals surface area contributed by atoms with E-state index in [1.807, 2.05) is 43.0 Å². The number of carbonyl (C=O) groups excluding carboxylic acids is 1. The standard InChI is InChI=1S/C19H27N5O/c1-3-16-6-4-5-15(2)18(16)22-19(25)17(13-21)14-24-11-9-23(8-7-20)10-12-24/h4-6,14H,3,7-12,20H2,1-2H3,(H,22,25)/b17-14-. The van der Waals surface area contributed by atoms with E-state index in [1.165, 1.54) is 0 Å². The highest BCUT2D eigenvalue weighted by molar-refractivity contribution is 6.07. The van der Waals surface area contributed by atoms with E-state index in [9.17, 15) is 10.1 Å². The number of hydrogen-bond donors (Lipinski definition) is 2. The van der Waals surface area contributed by atoms with Crippen LogP contribution in [-0.4, -0.2) is 55.0 Å². The van der Waals surface area contributed by atoms with Gasteiger partial charge in [-0.25, -0.2) is 0 Å². The van der Waals surface area contributed by atoms with Crippen LogP contribution < -0.4 is 11.1 Å². The highest BCUT2D eigenvalue weighted by atomic mass is 16.1. The molecule has 25 heavy (non-hydrogen) atoms. The Bertz CT molecular complexity index is 669. The molecule has 1 heterocycles. The van der Waals surface area contributed by atoms with Gasteiger partial charge in [-0.2, -0.15) is 5.26 Å². The van der Waals surface area contributed by atoms with Crippen molar-refractivity contribution in [1.29, 1.82) is 5.26 Å². The Labute approximate surface area is 149 Å². The zero-order valence-electron chi connectivity index (χ0n) is 15.1. The maximum atomic E-state index is 12.5. The Balaban J connectivity index is 2.06. The lowest BCUT2D eigenvalue weighted by Crippen LogP contribution is -2.45. The minimum Gasteiger partial charge on any atom is -0.374 e. The smallest absolute Gasteiger partial charge is 0.267 e. The summed E-state index contributed by atoms with van der Waals surface area (Å²) in [6.45, 7) is 8.92. The fourth-order valence-electron chi connectivity index (χ4n) is 3.00. The molecule has 0 spiro atoms. The molecule has 0 radical (unpaired) electrons. The first-order valence-electron chi connectivity index (χ1n) is 8.77. The van der Waals surface area contributed by atoms with Gasteiger partial charge in [-0.05, 0) is 24.5 Å². The predicted octanol–water partition coefficient (Wildman–Crippen LogP) is 1.48. The molecule has 1 aliphatic rings. The third-order valence-corrected chi connectivity index (χ3v) is 4.51. The van der Waals surface area contributed by atoms with E-state index in [-0.39, 0.29) is 11.5 Å². The van der Waals surface area contributed by atoms with Crippen molar-refractivity contribution < 1.29 is 4.79 Å². The Morgan fingerprint density at radius 2 is 2.08 bits per heavy atom. The topological polar surface area (TPSA) is 85.4 Å². The molecular weight excluding hydrogens is 314 g/mol. The summed E-state index contributed by atoms with van der Waals surface area (Å²) in [6.07, 6.45) is 2.50. The van der Waals surface area contributed by atoms with Crippen molar-refractivity contribution in [1.82, 2.24) is 9.80 Å². The molecule has 2 rings (SSSR count). The lowest BCUT2D eigenvalue weighted by Gasteiger charge is -2.33. The molecule has 1 aliphatic heterocycles. The van der Waals surface area contributed by atoms with Gasteiger partial charge in [0.2, 0.25) is 0 Å². The Morgan fingerprint density at radius 1 is 1.36 bits per heavy atom. The number of nitrogens with one attached hydrogen (secondary N) is 1. The molecule has 1 aromatic carbocycles. The van der Waals surface area contributed by atoms with Gasteiger partial charge in [-0.15, -0.1) is 0 Å². The molecular formula is C19H27N5O. The number of rotatable bonds is 6. The van der Waals surface area contributed by atoms with Crippen LogP contribution in [0.1, 0.15) is 18.1 Å². The van der Waals surface area contributed by atoms with Crippen molar-refractivity contribution in [3.8, 4) is 6.07 Å². The minimum absolute atomic E-state index is 0.137. The first-order valence-corrected chi connectivity index (χ1v) is 8.77. The van der Waals surface area contributed by atoms with Gasteiger partial charge in [0.05, 0.1) is 0 Å². The Morgan fingerprint density at radius 3 is 2.68 bits per heavy atom. The van der Waals surface area contributed by atoms with Crippen molar-refractivity contribution >= 4 is 11.6 Å². The van der Waals surface area contributed by atoms with Gasteiger partial charge >= 0.3 is 0 Å². The summed E-state index contributed by atoms with van der Waals surface area (Å²) in [7, 11) is 0. The first kappa shape index (κ1) is 19.0. The molecule has 134 valence electrons. The van der Waals surface area contributed by atoms with Gasteiger partial charge in [0.15, 0.2) is 0 Å². The maximum Gasteiger partial charge on any atom is 0.267 e. The zero-order chi connectivity index (χ0) is 18.2. The third kappa shape index (κ3) is 5.05. The number of nitriles is 1. The molecule has 1 fully saturated rings. The van der Waals surface area contributed by atoms with E-state index >= 15 is 0 Å². The van der Waals surface area contributed by atoms with E-state index in [1.54, 1.807) is 6.20 Å². The molecule has 6 heteroatoms. The highest BCUT2D eigenvalue weighted by Gasteiger charge is 2.18. The van der Waals surface area contributed by atoms with Gasteiger partial charge in [0.1, 0.15) is 11.6 Å². The lowest BCUT2D eigenvalue weighted by molar-refractivity contribution is -0.112. The summed E-state index contributed by atoms with van der Waals surface area (Å²) in [5, 5.41) is 12.3. The second kappa shape index (κ2) is 9.21. The molecule has 0 saturated carbocycles. The number of hydrogen-bond acceptors (Lipinski definition) is 5. The predicted molar refractivity (Wildman–Crippen MR) is 100.0 cm³/mol. The normalized spacial score (nSPS) is 15.8. The summed E-state index contributed by atoms with van der Waals surface area (Å²) >= 11 is 0. The van der Waals surface area contributed by atoms with Crippen LogP contribution in [0.5, 0.6) is 0 Å². The van der Waals surface area contributed by atoms with Crippen LogP contribution in [0.3, 0.4) is 0 Å². The number of carbonyl (C=O) groups is 1. The van der Waals surface area contributed by atoms with Crippen LogP contribution in [0.15, 0.2) is 30.0 Å². The Hall–Kier alpha value is -2.36. The quantitative estimate of drug-likeness (QED) is 0.605. The number of amides is 1. The molecule has 1 saturated heterocycles. The number of piperazine rings is 1. The molecule has 0 aliphatic carbocycles. The van der Waals surface area contributed by atoms with Crippen LogP contribution in [-0.2, 0) is 11.2 Å². The van der Waals surface area contributed by atoms with Gasteiger partial charge in [-0.1, -0.05) is 25.1 Å². The first-order chi connectivity index (χ1) is 12.1. The number of benzene rings is 1. The van der Waals surface area contributed by atoms with E-state index in [2.05, 4.69) is 10.2 Å². The van der Waals surface area contributed by atoms with E-state index in [0.717, 1.165) is 56.0 Å². The second-order valence-corrected chi connectivity index (χ2v) is 6.24. The SMILES string of the molecule is CCc1cccc(C)c1NC(=O)/C(C#N)=C\N1CCN(CCN)CC1. The third-order valence-electron chi connectivity index (χ3n) is 4.51. The van der Waals surface area contributed by atoms with Crippen molar-refractivity contribution in [2.75, 3.05) is 44.6 Å². The molecule has 1 aromatic rings. The molecule has 0 atom stereocenters. The van der Waals surface area contributed by atoms with E-state index < -0.39 is 0 Å². The fraction of sp³-hybridized carbons (Fsp3) is 0.474. The van der Waals surface area contributed by atoms with Gasteiger partial charge in [-0.3, -0.25) is 9.69 Å². The zero-order valence-corrected chi connectivity index (χ0v) is 15.1. The molecule has 6 nitrogen and oxygen atoms in total. The molecule has 1 amide bonds. The fourth-order valence-corrected chi connectivity index (χ4v) is 3.00. The lowest BCUT2D eigenvalue weighted by atomic mass is 10.1. The largest absolute Gasteiger partial charge is 0.374 e. The number of para-hydroxylation sites is 1. The number of anilines is 1. The minimum atomic E-state index is -0.351. The van der Waals surface area contributed by atoms with Crippen molar-refractivity contribution in [2.24, 2.45) is 5.73 Å². The summed E-state index contributed by atoms with van der Waals surface area (Å²) in [5.41, 5.74) is 8.60. The molecule has 0 bridgehead atoms. The van der Waals surface area contributed by atoms with Crippen molar-refractivity contribution in [3.63, 3.8) is 0 Å². The number of nitrogens with zero attached hydrogens (tertiary/aromatic N) is 3. The van der Waals surface area contributed by atoms with E-state index in [0.29, 0.717) is 6.54 Å². The number of nitrogens with two attached hydrogens (primary N) is 1. The summed E-state index contributed by atoms with van der Waals surface area (Å²) in [5.74, 6) is -0.351. The van der Waals surface area contributed by atoms with Crippen LogP contribution in [0.25, 0.3) is 0 Å². The van der Waals surface area contributed by atoms with Gasteiger partial charge in [0.25, 0.3) is 5.91 Å². The highest BCUT2D eigenvalue weighted by Crippen LogP contribution is 2.21. The second-order valence-electron chi connectivity index (χ2n) is 6.24. The van der Waals surface area contributed by atoms with Gasteiger partial charge < -0.3 is 16.0 Å². The van der Waals surface area contributed by atoms with Crippen molar-refractivity contribution in [3.05, 3.63) is 41.1 Å². The monoisotopic (exact) mass is 341 g/mol. The van der Waals surface area contributed by atoms with Crippen LogP contribution in [0, 0.1) is 18.3 Å². The molecule has 0 aromatic heterocycles. The van der Waals surface area contributed by atoms with Crippen LogP contribution in [0.4, 0.5) is 5.69 Å². The van der Waals surface area contributed by atoms with Crippen molar-refractivity contribution in [2.45, 2.75) is 20.3 Å². The average molecular weight is 341 g/mol.